The molecule has 0 saturated carbocycles. The molecule has 1 unspecified atom stereocenters. The lowest BCUT2D eigenvalue weighted by atomic mass is 9.88. The molecule has 1 N–H and O–H groups in total. The average Bonchev–Trinajstić information content (AvgIpc) is 2.46. The third-order valence-electron chi connectivity index (χ3n) is 3.65. The molecule has 0 heterocycles. The van der Waals surface area contributed by atoms with Gasteiger partial charge < -0.3 is 14.8 Å². The van der Waals surface area contributed by atoms with Crippen LogP contribution in [-0.2, 0) is 11.2 Å². The van der Waals surface area contributed by atoms with Crippen LogP contribution in [0.4, 0.5) is 0 Å². The lowest BCUT2D eigenvalue weighted by Gasteiger charge is -2.27. The SMILES string of the molecule is CCCNCCOC1CCCc2c(OC)cccc21. The molecule has 2 rings (SSSR count). The smallest absolute Gasteiger partial charge is 0.122 e. The Morgan fingerprint density at radius 1 is 1.32 bits per heavy atom. The monoisotopic (exact) mass is 263 g/mol. The molecule has 1 aromatic rings. The molecule has 1 aliphatic carbocycles. The largest absolute Gasteiger partial charge is 0.496 e. The number of hydrogen-bond donors (Lipinski definition) is 1. The molecule has 0 aliphatic heterocycles. The highest BCUT2D eigenvalue weighted by Gasteiger charge is 2.22. The van der Waals surface area contributed by atoms with Gasteiger partial charge in [0.25, 0.3) is 0 Å². The third-order valence-corrected chi connectivity index (χ3v) is 3.65. The van der Waals surface area contributed by atoms with E-state index in [0.717, 1.165) is 38.3 Å². The molecule has 3 nitrogen and oxygen atoms in total. The molecule has 3 heteroatoms. The predicted octanol–water partition coefficient (Wildman–Crippen LogP) is 3.09. The van der Waals surface area contributed by atoms with Gasteiger partial charge in [0, 0.05) is 6.54 Å². The number of ether oxygens (including phenoxy) is 2. The van der Waals surface area contributed by atoms with Gasteiger partial charge in [-0.15, -0.1) is 0 Å². The van der Waals surface area contributed by atoms with E-state index in [4.69, 9.17) is 9.47 Å². The molecule has 0 radical (unpaired) electrons. The highest BCUT2D eigenvalue weighted by Crippen LogP contribution is 2.36. The summed E-state index contributed by atoms with van der Waals surface area (Å²) < 4.78 is 11.5. The Bertz CT molecular complexity index is 392. The van der Waals surface area contributed by atoms with Crippen molar-refractivity contribution in [2.24, 2.45) is 0 Å². The van der Waals surface area contributed by atoms with E-state index < -0.39 is 0 Å². The van der Waals surface area contributed by atoms with Gasteiger partial charge in [-0.1, -0.05) is 19.1 Å². The standard InChI is InChI=1S/C16H25NO2/c1-3-10-17-11-12-19-16-9-5-6-13-14(16)7-4-8-15(13)18-2/h4,7-8,16-17H,3,5-6,9-12H2,1-2H3. The fourth-order valence-electron chi connectivity index (χ4n) is 2.71. The Morgan fingerprint density at radius 2 is 2.21 bits per heavy atom. The third kappa shape index (κ3) is 3.71. The van der Waals surface area contributed by atoms with Gasteiger partial charge in [-0.25, -0.2) is 0 Å². The van der Waals surface area contributed by atoms with Crippen molar-refractivity contribution < 1.29 is 9.47 Å². The zero-order valence-corrected chi connectivity index (χ0v) is 12.1. The molecular weight excluding hydrogens is 238 g/mol. The van der Waals surface area contributed by atoms with Crippen molar-refractivity contribution in [3.8, 4) is 5.75 Å². The first-order valence-corrected chi connectivity index (χ1v) is 7.35. The van der Waals surface area contributed by atoms with Crippen molar-refractivity contribution in [2.45, 2.75) is 38.7 Å². The fraction of sp³-hybridized carbons (Fsp3) is 0.625. The Labute approximate surface area is 116 Å². The van der Waals surface area contributed by atoms with Crippen LogP contribution in [-0.4, -0.2) is 26.8 Å². The molecule has 0 aromatic heterocycles. The van der Waals surface area contributed by atoms with Crippen molar-refractivity contribution in [3.63, 3.8) is 0 Å². The summed E-state index contributed by atoms with van der Waals surface area (Å²) >= 11 is 0. The zero-order chi connectivity index (χ0) is 13.5. The molecule has 0 bridgehead atoms. The molecule has 106 valence electrons. The minimum atomic E-state index is 0.238. The van der Waals surface area contributed by atoms with Crippen LogP contribution in [0.25, 0.3) is 0 Å². The summed E-state index contributed by atoms with van der Waals surface area (Å²) in [6, 6.07) is 6.29. The van der Waals surface area contributed by atoms with Gasteiger partial charge in [0.05, 0.1) is 19.8 Å². The maximum absolute atomic E-state index is 6.04. The van der Waals surface area contributed by atoms with Crippen molar-refractivity contribution in [1.29, 1.82) is 0 Å². The second-order valence-corrected chi connectivity index (χ2v) is 5.03. The van der Waals surface area contributed by atoms with Crippen LogP contribution in [0.3, 0.4) is 0 Å². The zero-order valence-electron chi connectivity index (χ0n) is 12.1. The molecule has 1 aromatic carbocycles. The van der Waals surface area contributed by atoms with Crippen LogP contribution in [0.1, 0.15) is 43.4 Å². The van der Waals surface area contributed by atoms with Crippen LogP contribution in [0, 0.1) is 0 Å². The van der Waals surface area contributed by atoms with Gasteiger partial charge in [-0.05, 0) is 49.4 Å². The van der Waals surface area contributed by atoms with Gasteiger partial charge >= 0.3 is 0 Å². The van der Waals surface area contributed by atoms with Crippen molar-refractivity contribution in [1.82, 2.24) is 5.32 Å². The Kier molecular flexibility index (Phi) is 5.67. The Balaban J connectivity index is 1.94. The normalized spacial score (nSPS) is 18.1. The van der Waals surface area contributed by atoms with Gasteiger partial charge in [0.2, 0.25) is 0 Å². The molecule has 1 atom stereocenters. The second-order valence-electron chi connectivity index (χ2n) is 5.03. The Hall–Kier alpha value is -1.06. The van der Waals surface area contributed by atoms with Crippen LogP contribution < -0.4 is 10.1 Å². The second kappa shape index (κ2) is 7.51. The lowest BCUT2D eigenvalue weighted by Crippen LogP contribution is -2.22. The molecule has 1 aliphatic rings. The molecular formula is C16H25NO2. The summed E-state index contributed by atoms with van der Waals surface area (Å²) in [4.78, 5) is 0. The van der Waals surface area contributed by atoms with Gasteiger partial charge in [0.15, 0.2) is 0 Å². The van der Waals surface area contributed by atoms with Crippen molar-refractivity contribution >= 4 is 0 Å². The summed E-state index contributed by atoms with van der Waals surface area (Å²) in [7, 11) is 1.74. The highest BCUT2D eigenvalue weighted by atomic mass is 16.5. The Morgan fingerprint density at radius 3 is 3.00 bits per heavy atom. The first-order chi connectivity index (χ1) is 9.36. The maximum Gasteiger partial charge on any atom is 0.122 e. The number of fused-ring (bicyclic) bond motifs is 1. The van der Waals surface area contributed by atoms with Crippen LogP contribution in [0.5, 0.6) is 5.75 Å². The molecule has 0 fully saturated rings. The summed E-state index contributed by atoms with van der Waals surface area (Å²) in [5.74, 6) is 1.01. The first-order valence-electron chi connectivity index (χ1n) is 7.35. The number of benzene rings is 1. The van der Waals surface area contributed by atoms with E-state index in [1.165, 1.54) is 24.0 Å². The van der Waals surface area contributed by atoms with Crippen molar-refractivity contribution in [2.75, 3.05) is 26.8 Å². The topological polar surface area (TPSA) is 30.5 Å². The van der Waals surface area contributed by atoms with E-state index in [9.17, 15) is 0 Å². The van der Waals surface area contributed by atoms with E-state index in [1.54, 1.807) is 7.11 Å². The van der Waals surface area contributed by atoms with E-state index in [-0.39, 0.29) is 6.10 Å². The molecule has 19 heavy (non-hydrogen) atoms. The van der Waals surface area contributed by atoms with Crippen LogP contribution >= 0.6 is 0 Å². The van der Waals surface area contributed by atoms with E-state index in [0.29, 0.717) is 0 Å². The number of nitrogens with one attached hydrogen (secondary N) is 1. The maximum atomic E-state index is 6.04. The molecule has 0 spiro atoms. The lowest BCUT2D eigenvalue weighted by molar-refractivity contribution is 0.0424. The van der Waals surface area contributed by atoms with Gasteiger partial charge in [-0.2, -0.15) is 0 Å². The number of hydrogen-bond acceptors (Lipinski definition) is 3. The number of methoxy groups -OCH3 is 1. The molecule has 0 saturated heterocycles. The van der Waals surface area contributed by atoms with Crippen molar-refractivity contribution in [3.05, 3.63) is 29.3 Å². The first kappa shape index (κ1) is 14.4. The summed E-state index contributed by atoms with van der Waals surface area (Å²) in [5.41, 5.74) is 2.66. The van der Waals surface area contributed by atoms with Gasteiger partial charge in [0.1, 0.15) is 5.75 Å². The van der Waals surface area contributed by atoms with E-state index >= 15 is 0 Å². The fourth-order valence-corrected chi connectivity index (χ4v) is 2.71. The van der Waals surface area contributed by atoms with Gasteiger partial charge in [-0.3, -0.25) is 0 Å². The van der Waals surface area contributed by atoms with Crippen LogP contribution in [0.15, 0.2) is 18.2 Å². The quantitative estimate of drug-likeness (QED) is 0.767. The average molecular weight is 263 g/mol. The predicted molar refractivity (Wildman–Crippen MR) is 77.8 cm³/mol. The minimum absolute atomic E-state index is 0.238. The minimum Gasteiger partial charge on any atom is -0.496 e. The summed E-state index contributed by atoms with van der Waals surface area (Å²) in [6.45, 7) is 4.96. The summed E-state index contributed by atoms with van der Waals surface area (Å²) in [6.07, 6.45) is 4.81. The highest BCUT2D eigenvalue weighted by molar-refractivity contribution is 5.42. The van der Waals surface area contributed by atoms with Crippen LogP contribution in [0.2, 0.25) is 0 Å². The van der Waals surface area contributed by atoms with E-state index in [2.05, 4.69) is 24.4 Å². The molecule has 0 amide bonds. The summed E-state index contributed by atoms with van der Waals surface area (Å²) in [5, 5.41) is 3.37. The number of rotatable bonds is 7. The van der Waals surface area contributed by atoms with E-state index in [1.807, 2.05) is 6.07 Å².